The molecule has 3 heterocycles. The fourth-order valence-corrected chi connectivity index (χ4v) is 6.12. The maximum Gasteiger partial charge on any atom is 0.354 e. The number of aliphatic hydroxyl groups excluding tert-OH is 1. The van der Waals surface area contributed by atoms with Crippen LogP contribution in [0.15, 0.2) is 58.4 Å². The Morgan fingerprint density at radius 1 is 1.22 bits per heavy atom. The normalized spacial score (nSPS) is 18.8. The Bertz CT molecular complexity index is 1700. The maximum absolute atomic E-state index is 15.1. The molecule has 4 atom stereocenters. The molecule has 10 nitrogen and oxygen atoms in total. The average Bonchev–Trinajstić information content (AvgIpc) is 3.44. The van der Waals surface area contributed by atoms with E-state index in [1.54, 1.807) is 24.4 Å². The number of aromatic nitrogens is 3. The van der Waals surface area contributed by atoms with Crippen LogP contribution >= 0.6 is 11.6 Å². The highest BCUT2D eigenvalue weighted by Crippen LogP contribution is 2.32. The van der Waals surface area contributed by atoms with E-state index < -0.39 is 17.5 Å². The fourth-order valence-electron chi connectivity index (χ4n) is 5.88. The molecule has 0 spiro atoms. The van der Waals surface area contributed by atoms with Gasteiger partial charge in [-0.2, -0.15) is 4.98 Å². The molecule has 12 heteroatoms. The Balaban J connectivity index is 1.31. The summed E-state index contributed by atoms with van der Waals surface area (Å²) in [6.07, 6.45) is 8.13. The number of aliphatic imine (C=N–C) groups is 1. The maximum atomic E-state index is 15.1. The number of piperidine rings is 1. The summed E-state index contributed by atoms with van der Waals surface area (Å²) in [5.74, 6) is -0.250. The molecule has 1 fully saturated rings. The number of halogens is 2. The van der Waals surface area contributed by atoms with Gasteiger partial charge in [-0.3, -0.25) is 9.56 Å². The Hall–Kier alpha value is -3.61. The highest BCUT2D eigenvalue weighted by Gasteiger charge is 2.22. The van der Waals surface area contributed by atoms with Crippen LogP contribution in [0, 0.1) is 5.82 Å². The fraction of sp³-hybridized carbons (Fsp3) is 0.424. The number of nitrogens with zero attached hydrogens (tertiary/aromatic N) is 3. The first-order chi connectivity index (χ1) is 21.6. The van der Waals surface area contributed by atoms with Crippen molar-refractivity contribution in [3.8, 4) is 16.9 Å². The SMILES string of the molecule is C[C@H](N)CCCc1cc(Cl)c(F)c(-c2cc3cn(-c4ccc([C@@H]5CCC[C@@H](CCN=C(N)[C@H](N)CO)N5)cc4)c(=O)nc3[nH]2)c1. The van der Waals surface area contributed by atoms with Gasteiger partial charge in [0.25, 0.3) is 0 Å². The smallest absolute Gasteiger partial charge is 0.354 e. The zero-order valence-electron chi connectivity index (χ0n) is 25.5. The van der Waals surface area contributed by atoms with Gasteiger partial charge < -0.3 is 32.6 Å². The van der Waals surface area contributed by atoms with Gasteiger partial charge in [0.1, 0.15) is 11.5 Å². The second-order valence-electron chi connectivity index (χ2n) is 12.0. The van der Waals surface area contributed by atoms with E-state index in [2.05, 4.69) is 20.3 Å². The number of nitrogens with two attached hydrogens (primary N) is 3. The van der Waals surface area contributed by atoms with E-state index in [1.807, 2.05) is 31.2 Å². The predicted octanol–water partition coefficient (Wildman–Crippen LogP) is 4.09. The number of hydrogen-bond donors (Lipinski definition) is 6. The molecule has 45 heavy (non-hydrogen) atoms. The Labute approximate surface area is 266 Å². The number of hydrogen-bond acceptors (Lipinski definition) is 7. The summed E-state index contributed by atoms with van der Waals surface area (Å²) in [6.45, 7) is 2.28. The lowest BCUT2D eigenvalue weighted by Crippen LogP contribution is -2.40. The third-order valence-corrected chi connectivity index (χ3v) is 8.69. The first-order valence-electron chi connectivity index (χ1n) is 15.5. The Morgan fingerprint density at radius 3 is 2.73 bits per heavy atom. The van der Waals surface area contributed by atoms with Crippen molar-refractivity contribution in [3.63, 3.8) is 0 Å². The minimum atomic E-state index is -0.627. The van der Waals surface area contributed by atoms with Crippen LogP contribution in [0.2, 0.25) is 5.02 Å². The van der Waals surface area contributed by atoms with E-state index in [0.29, 0.717) is 34.5 Å². The number of amidine groups is 1. The van der Waals surface area contributed by atoms with Crippen molar-refractivity contribution in [1.29, 1.82) is 0 Å². The summed E-state index contributed by atoms with van der Waals surface area (Å²) < 4.78 is 16.6. The lowest BCUT2D eigenvalue weighted by atomic mass is 9.92. The van der Waals surface area contributed by atoms with Crippen molar-refractivity contribution < 1.29 is 9.50 Å². The summed E-state index contributed by atoms with van der Waals surface area (Å²) in [6, 6.07) is 13.0. The van der Waals surface area contributed by atoms with Crippen molar-refractivity contribution in [1.82, 2.24) is 19.9 Å². The highest BCUT2D eigenvalue weighted by atomic mass is 35.5. The van der Waals surface area contributed by atoms with Gasteiger partial charge in [-0.05, 0) is 86.9 Å². The number of benzene rings is 2. The van der Waals surface area contributed by atoms with Crippen LogP contribution in [-0.4, -0.2) is 56.8 Å². The van der Waals surface area contributed by atoms with Gasteiger partial charge in [-0.1, -0.05) is 30.2 Å². The number of aliphatic hydroxyl groups is 1. The topological polar surface area (TPSA) is 173 Å². The van der Waals surface area contributed by atoms with Crippen LogP contribution in [0.5, 0.6) is 0 Å². The van der Waals surface area contributed by atoms with Gasteiger partial charge in [0, 0.05) is 41.8 Å². The van der Waals surface area contributed by atoms with Crippen LogP contribution in [0.4, 0.5) is 4.39 Å². The monoisotopic (exact) mass is 636 g/mol. The zero-order chi connectivity index (χ0) is 32.1. The molecule has 5 rings (SSSR count). The summed E-state index contributed by atoms with van der Waals surface area (Å²) in [5.41, 5.74) is 20.9. The van der Waals surface area contributed by atoms with E-state index in [-0.39, 0.29) is 35.6 Å². The first-order valence-corrected chi connectivity index (χ1v) is 15.9. The van der Waals surface area contributed by atoms with Crippen LogP contribution in [0.1, 0.15) is 62.6 Å². The Kier molecular flexibility index (Phi) is 10.7. The third-order valence-electron chi connectivity index (χ3n) is 8.42. The first kappa shape index (κ1) is 32.8. The molecule has 1 aliphatic heterocycles. The average molecular weight is 637 g/mol. The largest absolute Gasteiger partial charge is 0.394 e. The standard InChI is InChI=1S/C33H42ClFN8O2/c1-19(36)4-2-5-20-14-25(30(35)26(34)15-20)29-16-22-17-43(33(45)42-32(22)41-29)24-10-8-21(9-11-24)28-7-3-6-23(40-28)12-13-39-31(38)27(37)18-44/h8-11,14-17,19,23,27-28,40,44H,2-7,12-13,18,36-37H2,1H3,(H2,38,39)(H,41,42,45)/t19-,23-,27+,28-/m0/s1. The van der Waals surface area contributed by atoms with Crippen molar-refractivity contribution in [2.24, 2.45) is 22.2 Å². The summed E-state index contributed by atoms with van der Waals surface area (Å²) in [4.78, 5) is 24.7. The summed E-state index contributed by atoms with van der Waals surface area (Å²) >= 11 is 6.26. The molecule has 4 aromatic rings. The lowest BCUT2D eigenvalue weighted by molar-refractivity contribution is 0.289. The van der Waals surface area contributed by atoms with Gasteiger partial charge in [0.2, 0.25) is 0 Å². The molecular formula is C33H42ClFN8O2. The van der Waals surface area contributed by atoms with E-state index in [0.717, 1.165) is 56.1 Å². The van der Waals surface area contributed by atoms with Gasteiger partial charge in [0.05, 0.1) is 29.1 Å². The van der Waals surface area contributed by atoms with Crippen molar-refractivity contribution >= 4 is 28.5 Å². The van der Waals surface area contributed by atoms with Gasteiger partial charge in [-0.25, -0.2) is 9.18 Å². The van der Waals surface area contributed by atoms with Crippen molar-refractivity contribution in [2.45, 2.75) is 76.0 Å². The molecule has 2 aromatic carbocycles. The molecule has 0 saturated carbocycles. The van der Waals surface area contributed by atoms with Crippen LogP contribution in [0.3, 0.4) is 0 Å². The van der Waals surface area contributed by atoms with Gasteiger partial charge in [0.15, 0.2) is 5.82 Å². The molecule has 0 radical (unpaired) electrons. The molecular weight excluding hydrogens is 595 g/mol. The second kappa shape index (κ2) is 14.7. The molecule has 0 amide bonds. The van der Waals surface area contributed by atoms with Crippen molar-refractivity contribution in [3.05, 3.63) is 81.1 Å². The van der Waals surface area contributed by atoms with Gasteiger partial charge >= 0.3 is 5.69 Å². The molecule has 240 valence electrons. The van der Waals surface area contributed by atoms with E-state index in [9.17, 15) is 4.79 Å². The Morgan fingerprint density at radius 2 is 2.00 bits per heavy atom. The summed E-state index contributed by atoms with van der Waals surface area (Å²) in [7, 11) is 0. The molecule has 0 unspecified atom stereocenters. The van der Waals surface area contributed by atoms with E-state index >= 15 is 4.39 Å². The third kappa shape index (κ3) is 7.98. The lowest BCUT2D eigenvalue weighted by Gasteiger charge is -2.31. The molecule has 0 bridgehead atoms. The molecule has 1 saturated heterocycles. The highest BCUT2D eigenvalue weighted by molar-refractivity contribution is 6.31. The zero-order valence-corrected chi connectivity index (χ0v) is 26.2. The quantitative estimate of drug-likeness (QED) is 0.100. The number of aromatic amines is 1. The number of H-pyrrole nitrogens is 1. The van der Waals surface area contributed by atoms with E-state index in [1.165, 1.54) is 4.57 Å². The number of nitrogens with one attached hydrogen (secondary N) is 2. The second-order valence-corrected chi connectivity index (χ2v) is 12.4. The molecule has 9 N–H and O–H groups in total. The number of aryl methyl sites for hydroxylation is 1. The molecule has 1 aliphatic rings. The minimum Gasteiger partial charge on any atom is -0.394 e. The molecule has 2 aromatic heterocycles. The molecule has 0 aliphatic carbocycles. The van der Waals surface area contributed by atoms with E-state index in [4.69, 9.17) is 33.9 Å². The van der Waals surface area contributed by atoms with Crippen LogP contribution in [-0.2, 0) is 6.42 Å². The van der Waals surface area contributed by atoms with Crippen molar-refractivity contribution in [2.75, 3.05) is 13.2 Å². The minimum absolute atomic E-state index is 0.0503. The number of fused-ring (bicyclic) bond motifs is 1. The van der Waals surface area contributed by atoms with Crippen LogP contribution < -0.4 is 28.2 Å². The van der Waals surface area contributed by atoms with Crippen LogP contribution in [0.25, 0.3) is 28.0 Å². The predicted molar refractivity (Wildman–Crippen MR) is 178 cm³/mol. The van der Waals surface area contributed by atoms with Gasteiger partial charge in [-0.15, -0.1) is 0 Å². The number of rotatable bonds is 12. The summed E-state index contributed by atoms with van der Waals surface area (Å²) in [5, 5.41) is 13.6.